The number of rotatable bonds is 10. The van der Waals surface area contributed by atoms with Crippen molar-refractivity contribution in [2.75, 3.05) is 18.0 Å². The summed E-state index contributed by atoms with van der Waals surface area (Å²) in [6.45, 7) is 8.95. The van der Waals surface area contributed by atoms with Crippen LogP contribution in [-0.4, -0.2) is 18.2 Å². The number of anilines is 1. The van der Waals surface area contributed by atoms with E-state index >= 15 is 0 Å². The Morgan fingerprint density at radius 3 is 2.05 bits per heavy atom. The van der Waals surface area contributed by atoms with Crippen molar-refractivity contribution in [3.8, 4) is 5.75 Å². The normalized spacial score (nSPS) is 10.8. The smallest absolute Gasteiger partial charge is 0.116 e. The van der Waals surface area contributed by atoms with E-state index in [1.54, 1.807) is 0 Å². The van der Waals surface area contributed by atoms with Crippen molar-refractivity contribution >= 4 is 5.69 Å². The van der Waals surface area contributed by atoms with Gasteiger partial charge < -0.3 is 10.0 Å². The van der Waals surface area contributed by atoms with Crippen LogP contribution < -0.4 is 4.90 Å². The number of aromatic hydroxyl groups is 1. The van der Waals surface area contributed by atoms with Crippen molar-refractivity contribution in [3.05, 3.63) is 23.8 Å². The van der Waals surface area contributed by atoms with Crippen molar-refractivity contribution in [2.24, 2.45) is 0 Å². The summed E-state index contributed by atoms with van der Waals surface area (Å²) in [5, 5.41) is 9.75. The molecule has 1 rings (SSSR count). The summed E-state index contributed by atoms with van der Waals surface area (Å²) < 4.78 is 0. The maximum absolute atomic E-state index is 9.75. The van der Waals surface area contributed by atoms with Crippen LogP contribution in [0.4, 0.5) is 5.69 Å². The summed E-state index contributed by atoms with van der Waals surface area (Å²) in [6.07, 6.45) is 8.37. The summed E-state index contributed by atoms with van der Waals surface area (Å²) in [6, 6.07) is 5.89. The van der Waals surface area contributed by atoms with Crippen molar-refractivity contribution in [3.63, 3.8) is 0 Å². The lowest BCUT2D eigenvalue weighted by Crippen LogP contribution is -2.26. The number of phenols is 1. The number of phenolic OH excluding ortho intramolecular Hbond substituents is 1. The summed E-state index contributed by atoms with van der Waals surface area (Å²) in [5.41, 5.74) is 2.64. The van der Waals surface area contributed by atoms with Crippen LogP contribution in [0.5, 0.6) is 5.75 Å². The van der Waals surface area contributed by atoms with Gasteiger partial charge in [-0.3, -0.25) is 0 Å². The van der Waals surface area contributed by atoms with Gasteiger partial charge in [-0.25, -0.2) is 0 Å². The van der Waals surface area contributed by atoms with E-state index in [1.807, 2.05) is 12.1 Å². The van der Waals surface area contributed by atoms with Gasteiger partial charge in [-0.1, -0.05) is 40.0 Å². The van der Waals surface area contributed by atoms with E-state index in [2.05, 4.69) is 31.7 Å². The molecule has 0 atom stereocenters. The summed E-state index contributed by atoms with van der Waals surface area (Å²) >= 11 is 0. The molecular formula is C18H31NO. The molecule has 1 N–H and O–H groups in total. The van der Waals surface area contributed by atoms with E-state index in [-0.39, 0.29) is 0 Å². The summed E-state index contributed by atoms with van der Waals surface area (Å²) in [4.78, 5) is 2.51. The van der Waals surface area contributed by atoms with Crippen molar-refractivity contribution in [1.82, 2.24) is 0 Å². The highest BCUT2D eigenvalue weighted by molar-refractivity contribution is 5.56. The van der Waals surface area contributed by atoms with Crippen LogP contribution in [0.1, 0.15) is 64.9 Å². The lowest BCUT2D eigenvalue weighted by Gasteiger charge is -2.27. The molecule has 0 spiro atoms. The number of aryl methyl sites for hydroxylation is 1. The number of nitrogens with zero attached hydrogens (tertiary/aromatic N) is 1. The van der Waals surface area contributed by atoms with Gasteiger partial charge in [0.15, 0.2) is 0 Å². The fraction of sp³-hybridized carbons (Fsp3) is 0.667. The topological polar surface area (TPSA) is 23.5 Å². The Morgan fingerprint density at radius 1 is 0.900 bits per heavy atom. The Balaban J connectivity index is 2.90. The minimum atomic E-state index is 0.394. The van der Waals surface area contributed by atoms with Crippen LogP contribution in [-0.2, 0) is 6.42 Å². The number of hydrogen-bond donors (Lipinski definition) is 1. The zero-order chi connectivity index (χ0) is 14.8. The molecule has 114 valence electrons. The second kappa shape index (κ2) is 9.68. The first-order chi connectivity index (χ1) is 9.72. The van der Waals surface area contributed by atoms with Crippen LogP contribution in [0.2, 0.25) is 0 Å². The lowest BCUT2D eigenvalue weighted by atomic mass is 10.0. The van der Waals surface area contributed by atoms with Crippen LogP contribution in [0.3, 0.4) is 0 Å². The fourth-order valence-electron chi connectivity index (χ4n) is 2.50. The van der Waals surface area contributed by atoms with Gasteiger partial charge in [0.2, 0.25) is 0 Å². The minimum Gasteiger partial charge on any atom is -0.508 e. The molecule has 2 nitrogen and oxygen atoms in total. The van der Waals surface area contributed by atoms with E-state index in [1.165, 1.54) is 49.8 Å². The first-order valence-corrected chi connectivity index (χ1v) is 8.29. The molecule has 0 heterocycles. The Kier molecular flexibility index (Phi) is 8.17. The average molecular weight is 277 g/mol. The van der Waals surface area contributed by atoms with Crippen molar-refractivity contribution < 1.29 is 5.11 Å². The van der Waals surface area contributed by atoms with Gasteiger partial charge in [0.25, 0.3) is 0 Å². The Morgan fingerprint density at radius 2 is 1.50 bits per heavy atom. The molecule has 0 radical (unpaired) electrons. The predicted molar refractivity (Wildman–Crippen MR) is 88.7 cm³/mol. The molecule has 0 saturated carbocycles. The molecule has 0 unspecified atom stereocenters. The SMILES string of the molecule is CCCCc1cc(O)ccc1N(CCCC)CCCC. The third-order valence-corrected chi connectivity index (χ3v) is 3.77. The third-order valence-electron chi connectivity index (χ3n) is 3.77. The average Bonchev–Trinajstić information content (AvgIpc) is 2.46. The second-order valence-corrected chi connectivity index (χ2v) is 5.61. The maximum atomic E-state index is 9.75. The highest BCUT2D eigenvalue weighted by Gasteiger charge is 2.11. The van der Waals surface area contributed by atoms with E-state index in [9.17, 15) is 5.11 Å². The molecule has 0 aliphatic rings. The Labute approximate surface area is 124 Å². The molecule has 1 aromatic rings. The molecule has 20 heavy (non-hydrogen) atoms. The molecule has 2 heteroatoms. The monoisotopic (exact) mass is 277 g/mol. The highest BCUT2D eigenvalue weighted by atomic mass is 16.3. The Bertz CT molecular complexity index is 368. The predicted octanol–water partition coefficient (Wildman–Crippen LogP) is 5.14. The summed E-state index contributed by atoms with van der Waals surface area (Å²) in [7, 11) is 0. The quantitative estimate of drug-likeness (QED) is 0.640. The van der Waals surface area contributed by atoms with Gasteiger partial charge in [-0.15, -0.1) is 0 Å². The highest BCUT2D eigenvalue weighted by Crippen LogP contribution is 2.27. The molecule has 0 saturated heterocycles. The van der Waals surface area contributed by atoms with Gasteiger partial charge >= 0.3 is 0 Å². The van der Waals surface area contributed by atoms with Gasteiger partial charge in [0, 0.05) is 18.8 Å². The van der Waals surface area contributed by atoms with Crippen molar-refractivity contribution in [2.45, 2.75) is 65.7 Å². The number of unbranched alkanes of at least 4 members (excludes halogenated alkanes) is 3. The molecule has 0 fully saturated rings. The molecular weight excluding hydrogens is 246 g/mol. The van der Waals surface area contributed by atoms with Gasteiger partial charge in [-0.2, -0.15) is 0 Å². The molecule has 0 aliphatic carbocycles. The van der Waals surface area contributed by atoms with Crippen molar-refractivity contribution in [1.29, 1.82) is 0 Å². The zero-order valence-corrected chi connectivity index (χ0v) is 13.5. The van der Waals surface area contributed by atoms with Crippen LogP contribution in [0.25, 0.3) is 0 Å². The van der Waals surface area contributed by atoms with Crippen LogP contribution >= 0.6 is 0 Å². The lowest BCUT2D eigenvalue weighted by molar-refractivity contribution is 0.474. The van der Waals surface area contributed by atoms with E-state index in [0.717, 1.165) is 19.5 Å². The zero-order valence-electron chi connectivity index (χ0n) is 13.5. The summed E-state index contributed by atoms with van der Waals surface area (Å²) in [5.74, 6) is 0.394. The maximum Gasteiger partial charge on any atom is 0.116 e. The Hall–Kier alpha value is -1.18. The molecule has 0 amide bonds. The fourth-order valence-corrected chi connectivity index (χ4v) is 2.50. The molecule has 0 aromatic heterocycles. The van der Waals surface area contributed by atoms with E-state index in [4.69, 9.17) is 0 Å². The van der Waals surface area contributed by atoms with Crippen LogP contribution in [0.15, 0.2) is 18.2 Å². The largest absolute Gasteiger partial charge is 0.508 e. The first-order valence-electron chi connectivity index (χ1n) is 8.29. The van der Waals surface area contributed by atoms with Gasteiger partial charge in [0.1, 0.15) is 5.75 Å². The molecule has 1 aromatic carbocycles. The molecule has 0 bridgehead atoms. The number of hydrogen-bond acceptors (Lipinski definition) is 2. The third kappa shape index (κ3) is 5.44. The minimum absolute atomic E-state index is 0.394. The number of benzene rings is 1. The van der Waals surface area contributed by atoms with Gasteiger partial charge in [0.05, 0.1) is 0 Å². The standard InChI is InChI=1S/C18H31NO/c1-4-7-10-16-15-17(20)11-12-18(16)19(13-8-5-2)14-9-6-3/h11-12,15,20H,4-10,13-14H2,1-3H3. The second-order valence-electron chi connectivity index (χ2n) is 5.61. The van der Waals surface area contributed by atoms with Crippen LogP contribution in [0, 0.1) is 0 Å². The van der Waals surface area contributed by atoms with E-state index in [0.29, 0.717) is 5.75 Å². The first kappa shape index (κ1) is 16.9. The van der Waals surface area contributed by atoms with Gasteiger partial charge in [-0.05, 0) is 49.4 Å². The van der Waals surface area contributed by atoms with E-state index < -0.39 is 0 Å². The molecule has 0 aliphatic heterocycles.